The first-order chi connectivity index (χ1) is 8.97. The number of nitrogens with one attached hydrogen (secondary N) is 1. The van der Waals surface area contributed by atoms with Gasteiger partial charge in [0.15, 0.2) is 11.5 Å². The maximum Gasteiger partial charge on any atom is 0.412 e. The highest BCUT2D eigenvalue weighted by molar-refractivity contribution is 5.76. The second-order valence-corrected chi connectivity index (χ2v) is 3.78. The van der Waals surface area contributed by atoms with E-state index in [0.29, 0.717) is 5.56 Å². The normalized spacial score (nSPS) is 11.5. The molecular formula is C12H16N2O5. The Hall–Kier alpha value is -2.28. The molecule has 1 amide bonds. The molecule has 19 heavy (non-hydrogen) atoms. The van der Waals surface area contributed by atoms with Crippen LogP contribution in [0.2, 0.25) is 0 Å². The van der Waals surface area contributed by atoms with Crippen LogP contribution in [0.5, 0.6) is 11.5 Å². The predicted molar refractivity (Wildman–Crippen MR) is 66.9 cm³/mol. The topological polar surface area (TPSA) is 111 Å². The lowest BCUT2D eigenvalue weighted by Gasteiger charge is -2.11. The first kappa shape index (κ1) is 14.8. The maximum absolute atomic E-state index is 11.2. The van der Waals surface area contributed by atoms with Gasteiger partial charge in [-0.3, -0.25) is 4.79 Å². The van der Waals surface area contributed by atoms with Crippen LogP contribution in [0.15, 0.2) is 18.2 Å². The smallest absolute Gasteiger partial charge is 0.412 e. The van der Waals surface area contributed by atoms with E-state index in [1.54, 1.807) is 6.07 Å². The number of aromatic hydroxyl groups is 1. The summed E-state index contributed by atoms with van der Waals surface area (Å²) in [5.41, 5.74) is 6.25. The predicted octanol–water partition coefficient (Wildman–Crippen LogP) is 0.153. The molecule has 0 fully saturated rings. The summed E-state index contributed by atoms with van der Waals surface area (Å²) in [4.78, 5) is 22.3. The highest BCUT2D eigenvalue weighted by Crippen LogP contribution is 2.27. The fraction of sp³-hybridized carbons (Fsp3) is 0.333. The first-order valence-corrected chi connectivity index (χ1v) is 5.52. The van der Waals surface area contributed by atoms with Crippen LogP contribution in [0.3, 0.4) is 0 Å². The molecule has 0 saturated carbocycles. The molecule has 0 spiro atoms. The summed E-state index contributed by atoms with van der Waals surface area (Å²) in [5.74, 6) is -0.727. The first-order valence-electron chi connectivity index (χ1n) is 5.52. The second-order valence-electron chi connectivity index (χ2n) is 3.78. The molecule has 0 aromatic heterocycles. The third-order valence-corrected chi connectivity index (χ3v) is 2.39. The number of phenols is 1. The van der Waals surface area contributed by atoms with Gasteiger partial charge in [-0.1, -0.05) is 6.07 Å². The Morgan fingerprint density at radius 3 is 2.74 bits per heavy atom. The van der Waals surface area contributed by atoms with E-state index in [4.69, 9.17) is 10.5 Å². The summed E-state index contributed by atoms with van der Waals surface area (Å²) < 4.78 is 9.36. The van der Waals surface area contributed by atoms with E-state index in [9.17, 15) is 14.7 Å². The average molecular weight is 268 g/mol. The van der Waals surface area contributed by atoms with E-state index in [0.717, 1.165) is 0 Å². The van der Waals surface area contributed by atoms with Crippen LogP contribution in [-0.2, 0) is 16.0 Å². The molecule has 1 rings (SSSR count). The number of carbonyl (C=O) groups is 2. The number of phenolic OH excluding ortho intramolecular Hbond substituents is 1. The van der Waals surface area contributed by atoms with E-state index in [-0.39, 0.29) is 17.9 Å². The van der Waals surface area contributed by atoms with Gasteiger partial charge in [-0.2, -0.15) is 0 Å². The fourth-order valence-corrected chi connectivity index (χ4v) is 1.41. The Kier molecular flexibility index (Phi) is 5.13. The van der Waals surface area contributed by atoms with Crippen molar-refractivity contribution in [2.45, 2.75) is 12.5 Å². The summed E-state index contributed by atoms with van der Waals surface area (Å²) >= 11 is 0. The Bertz CT molecular complexity index is 475. The fourth-order valence-electron chi connectivity index (χ4n) is 1.41. The van der Waals surface area contributed by atoms with Gasteiger partial charge < -0.3 is 25.6 Å². The molecule has 1 aromatic carbocycles. The van der Waals surface area contributed by atoms with E-state index < -0.39 is 18.1 Å². The number of hydrogen-bond acceptors (Lipinski definition) is 6. The number of ether oxygens (including phenoxy) is 2. The van der Waals surface area contributed by atoms with E-state index >= 15 is 0 Å². The Labute approximate surface area is 110 Å². The molecule has 0 aliphatic heterocycles. The zero-order valence-corrected chi connectivity index (χ0v) is 10.7. The second kappa shape index (κ2) is 6.60. The zero-order chi connectivity index (χ0) is 14.4. The third-order valence-electron chi connectivity index (χ3n) is 2.39. The Balaban J connectivity index is 2.84. The molecule has 0 saturated heterocycles. The van der Waals surface area contributed by atoms with Gasteiger partial charge in [0.05, 0.1) is 7.11 Å². The van der Waals surface area contributed by atoms with Crippen molar-refractivity contribution < 1.29 is 24.2 Å². The lowest BCUT2D eigenvalue weighted by Crippen LogP contribution is -2.33. The van der Waals surface area contributed by atoms with Crippen molar-refractivity contribution in [3.63, 3.8) is 0 Å². The van der Waals surface area contributed by atoms with Crippen molar-refractivity contribution in [1.82, 2.24) is 5.32 Å². The van der Waals surface area contributed by atoms with Gasteiger partial charge in [-0.25, -0.2) is 4.79 Å². The Morgan fingerprint density at radius 1 is 1.47 bits per heavy atom. The number of methoxy groups -OCH3 is 1. The van der Waals surface area contributed by atoms with Crippen molar-refractivity contribution in [3.8, 4) is 11.5 Å². The monoisotopic (exact) mass is 268 g/mol. The van der Waals surface area contributed by atoms with Gasteiger partial charge >= 0.3 is 12.1 Å². The number of esters is 1. The highest BCUT2D eigenvalue weighted by Gasteiger charge is 2.16. The van der Waals surface area contributed by atoms with Crippen LogP contribution in [0.1, 0.15) is 5.56 Å². The largest absolute Gasteiger partial charge is 0.504 e. The number of hydrogen-bond donors (Lipinski definition) is 3. The maximum atomic E-state index is 11.2. The highest BCUT2D eigenvalue weighted by atomic mass is 16.6. The average Bonchev–Trinajstić information content (AvgIpc) is 2.41. The van der Waals surface area contributed by atoms with E-state index in [2.05, 4.69) is 10.1 Å². The summed E-state index contributed by atoms with van der Waals surface area (Å²) in [6.07, 6.45) is -0.499. The molecule has 0 aliphatic carbocycles. The van der Waals surface area contributed by atoms with Crippen LogP contribution >= 0.6 is 0 Å². The van der Waals surface area contributed by atoms with Crippen molar-refractivity contribution in [2.75, 3.05) is 14.2 Å². The van der Waals surface area contributed by atoms with Crippen molar-refractivity contribution >= 4 is 12.1 Å². The number of benzene rings is 1. The molecule has 7 nitrogen and oxygen atoms in total. The van der Waals surface area contributed by atoms with Crippen LogP contribution in [0, 0.1) is 0 Å². The van der Waals surface area contributed by atoms with Crippen LogP contribution < -0.4 is 15.8 Å². The summed E-state index contributed by atoms with van der Waals surface area (Å²) in [7, 11) is 2.65. The minimum absolute atomic E-state index is 0.00563. The van der Waals surface area contributed by atoms with Crippen molar-refractivity contribution in [1.29, 1.82) is 0 Å². The molecule has 0 unspecified atom stereocenters. The summed E-state index contributed by atoms with van der Waals surface area (Å²) in [5, 5.41) is 11.8. The number of nitrogens with two attached hydrogens (primary N) is 1. The zero-order valence-electron chi connectivity index (χ0n) is 10.7. The van der Waals surface area contributed by atoms with Crippen LogP contribution in [-0.4, -0.2) is 37.4 Å². The molecule has 104 valence electrons. The molecular weight excluding hydrogens is 252 g/mol. The van der Waals surface area contributed by atoms with Crippen molar-refractivity contribution in [2.24, 2.45) is 5.73 Å². The molecule has 1 aromatic rings. The van der Waals surface area contributed by atoms with Gasteiger partial charge in [0.25, 0.3) is 0 Å². The van der Waals surface area contributed by atoms with Gasteiger partial charge in [-0.05, 0) is 24.1 Å². The molecule has 0 bridgehead atoms. The number of amides is 1. The lowest BCUT2D eigenvalue weighted by molar-refractivity contribution is -0.142. The molecule has 4 N–H and O–H groups in total. The standard InChI is InChI=1S/C12H16N2O5/c1-14-12(17)19-10-6-7(3-4-9(10)15)5-8(13)11(16)18-2/h3-4,6,8,15H,5,13H2,1-2H3,(H,14,17)/t8-/m0/s1. The number of rotatable bonds is 4. The van der Waals surface area contributed by atoms with E-state index in [1.165, 1.54) is 26.3 Å². The SMILES string of the molecule is CNC(=O)Oc1cc(C[C@H](N)C(=O)OC)ccc1O. The molecule has 0 radical (unpaired) electrons. The van der Waals surface area contributed by atoms with E-state index in [1.807, 2.05) is 0 Å². The molecule has 0 heterocycles. The van der Waals surface area contributed by atoms with Gasteiger partial charge in [0, 0.05) is 7.05 Å². The Morgan fingerprint density at radius 2 is 2.16 bits per heavy atom. The van der Waals surface area contributed by atoms with Crippen molar-refractivity contribution in [3.05, 3.63) is 23.8 Å². The van der Waals surface area contributed by atoms with Crippen LogP contribution in [0.25, 0.3) is 0 Å². The van der Waals surface area contributed by atoms with Crippen LogP contribution in [0.4, 0.5) is 4.79 Å². The third kappa shape index (κ3) is 4.14. The minimum atomic E-state index is -0.817. The summed E-state index contributed by atoms with van der Waals surface area (Å²) in [6, 6.07) is 3.56. The lowest BCUT2D eigenvalue weighted by atomic mass is 10.1. The number of carbonyl (C=O) groups excluding carboxylic acids is 2. The van der Waals surface area contributed by atoms with Gasteiger partial charge in [0.1, 0.15) is 6.04 Å². The molecule has 1 atom stereocenters. The van der Waals surface area contributed by atoms with Gasteiger partial charge in [0.2, 0.25) is 0 Å². The van der Waals surface area contributed by atoms with Gasteiger partial charge in [-0.15, -0.1) is 0 Å². The quantitative estimate of drug-likeness (QED) is 0.670. The molecule has 7 heteroatoms. The molecule has 0 aliphatic rings. The summed E-state index contributed by atoms with van der Waals surface area (Å²) in [6.45, 7) is 0. The minimum Gasteiger partial charge on any atom is -0.504 e.